The summed E-state index contributed by atoms with van der Waals surface area (Å²) in [4.78, 5) is 0. The standard InChI is InChI=1S/C16H26NO2P/c1-18-15-5-4-14(16(10-15)19-2)12-17-11-13-6-8-20(3)9-7-13/h4-5,10,13,17H,6-9,11-12H2,1-3H3. The molecule has 1 heterocycles. The molecule has 1 N–H and O–H groups in total. The van der Waals surface area contributed by atoms with Crippen LogP contribution in [-0.4, -0.2) is 39.8 Å². The van der Waals surface area contributed by atoms with Gasteiger partial charge in [-0.2, -0.15) is 0 Å². The van der Waals surface area contributed by atoms with Gasteiger partial charge >= 0.3 is 0 Å². The van der Waals surface area contributed by atoms with Crippen molar-refractivity contribution in [1.29, 1.82) is 0 Å². The minimum absolute atomic E-state index is 0.348. The summed E-state index contributed by atoms with van der Waals surface area (Å²) < 4.78 is 10.6. The second kappa shape index (κ2) is 7.85. The van der Waals surface area contributed by atoms with Crippen molar-refractivity contribution in [2.45, 2.75) is 19.4 Å². The molecular weight excluding hydrogens is 269 g/mol. The summed E-state index contributed by atoms with van der Waals surface area (Å²) in [6.45, 7) is 4.42. The smallest absolute Gasteiger partial charge is 0.127 e. The van der Waals surface area contributed by atoms with E-state index in [0.717, 1.165) is 30.5 Å². The van der Waals surface area contributed by atoms with E-state index >= 15 is 0 Å². The van der Waals surface area contributed by atoms with E-state index in [0.29, 0.717) is 7.92 Å². The van der Waals surface area contributed by atoms with Gasteiger partial charge in [-0.15, -0.1) is 7.92 Å². The molecule has 0 unspecified atom stereocenters. The maximum atomic E-state index is 5.43. The van der Waals surface area contributed by atoms with Crippen LogP contribution >= 0.6 is 7.92 Å². The molecule has 0 bridgehead atoms. The third-order valence-corrected chi connectivity index (χ3v) is 6.12. The lowest BCUT2D eigenvalue weighted by Crippen LogP contribution is -2.26. The predicted molar refractivity (Wildman–Crippen MR) is 86.6 cm³/mol. The van der Waals surface area contributed by atoms with Gasteiger partial charge in [-0.3, -0.25) is 0 Å². The van der Waals surface area contributed by atoms with E-state index in [1.54, 1.807) is 14.2 Å². The average Bonchev–Trinajstić information content (AvgIpc) is 2.49. The Morgan fingerprint density at radius 3 is 2.60 bits per heavy atom. The van der Waals surface area contributed by atoms with E-state index in [2.05, 4.69) is 18.0 Å². The van der Waals surface area contributed by atoms with Crippen LogP contribution in [0.15, 0.2) is 18.2 Å². The molecule has 0 aromatic heterocycles. The molecule has 4 heteroatoms. The summed E-state index contributed by atoms with van der Waals surface area (Å²) in [6, 6.07) is 6.02. The highest BCUT2D eigenvalue weighted by atomic mass is 31.1. The molecule has 0 atom stereocenters. The molecule has 20 heavy (non-hydrogen) atoms. The molecule has 0 saturated carbocycles. The van der Waals surface area contributed by atoms with Gasteiger partial charge in [0.2, 0.25) is 0 Å². The molecule has 3 nitrogen and oxygen atoms in total. The highest BCUT2D eigenvalue weighted by Crippen LogP contribution is 2.39. The molecule has 1 saturated heterocycles. The maximum Gasteiger partial charge on any atom is 0.127 e. The summed E-state index contributed by atoms with van der Waals surface area (Å²) in [6.07, 6.45) is 5.70. The highest BCUT2D eigenvalue weighted by Gasteiger charge is 2.17. The molecule has 112 valence electrons. The lowest BCUT2D eigenvalue weighted by molar-refractivity contribution is 0.387. The van der Waals surface area contributed by atoms with E-state index in [-0.39, 0.29) is 0 Å². The first kappa shape index (κ1) is 15.6. The normalized spacial score (nSPS) is 22.6. The zero-order chi connectivity index (χ0) is 14.4. The van der Waals surface area contributed by atoms with E-state index in [9.17, 15) is 0 Å². The molecule has 0 amide bonds. The number of hydrogen-bond donors (Lipinski definition) is 1. The fraction of sp³-hybridized carbons (Fsp3) is 0.625. The van der Waals surface area contributed by atoms with E-state index < -0.39 is 0 Å². The number of methoxy groups -OCH3 is 2. The van der Waals surface area contributed by atoms with E-state index in [1.165, 1.54) is 30.7 Å². The fourth-order valence-corrected chi connectivity index (χ4v) is 4.51. The quantitative estimate of drug-likeness (QED) is 0.817. The van der Waals surface area contributed by atoms with Gasteiger partial charge in [0.25, 0.3) is 0 Å². The van der Waals surface area contributed by atoms with Crippen molar-refractivity contribution in [3.63, 3.8) is 0 Å². The second-order valence-electron chi connectivity index (χ2n) is 5.56. The molecular formula is C16H26NO2P. The van der Waals surface area contributed by atoms with E-state index in [1.807, 2.05) is 12.1 Å². The second-order valence-corrected chi connectivity index (χ2v) is 8.16. The summed E-state index contributed by atoms with van der Waals surface area (Å²) in [7, 11) is 3.74. The number of ether oxygens (including phenoxy) is 2. The Kier molecular flexibility index (Phi) is 6.12. The van der Waals surface area contributed by atoms with Crippen molar-refractivity contribution >= 4 is 7.92 Å². The highest BCUT2D eigenvalue weighted by molar-refractivity contribution is 7.56. The minimum atomic E-state index is 0.348. The van der Waals surface area contributed by atoms with Gasteiger partial charge < -0.3 is 14.8 Å². The van der Waals surface area contributed by atoms with Crippen LogP contribution in [0.25, 0.3) is 0 Å². The Balaban J connectivity index is 1.81. The summed E-state index contributed by atoms with van der Waals surface area (Å²) >= 11 is 0. The number of nitrogens with one attached hydrogen (secondary N) is 1. The number of benzene rings is 1. The minimum Gasteiger partial charge on any atom is -0.497 e. The SMILES string of the molecule is COc1ccc(CNCC2CCP(C)CC2)c(OC)c1. The third kappa shape index (κ3) is 4.36. The first-order valence-corrected chi connectivity index (χ1v) is 9.49. The van der Waals surface area contributed by atoms with Crippen LogP contribution in [0, 0.1) is 5.92 Å². The summed E-state index contributed by atoms with van der Waals surface area (Å²) in [5.74, 6) is 2.60. The van der Waals surface area contributed by atoms with E-state index in [4.69, 9.17) is 9.47 Å². The third-order valence-electron chi connectivity index (χ3n) is 4.08. The topological polar surface area (TPSA) is 30.5 Å². The molecule has 1 aromatic rings. The van der Waals surface area contributed by atoms with Gasteiger partial charge in [0.05, 0.1) is 14.2 Å². The Morgan fingerprint density at radius 1 is 1.20 bits per heavy atom. The van der Waals surface area contributed by atoms with Gasteiger partial charge in [-0.05, 0) is 50.4 Å². The predicted octanol–water partition coefficient (Wildman–Crippen LogP) is 3.32. The van der Waals surface area contributed by atoms with Crippen LogP contribution < -0.4 is 14.8 Å². The van der Waals surface area contributed by atoms with Crippen LogP contribution in [0.5, 0.6) is 11.5 Å². The van der Waals surface area contributed by atoms with Gasteiger partial charge in [-0.25, -0.2) is 0 Å². The van der Waals surface area contributed by atoms with Crippen molar-refractivity contribution < 1.29 is 9.47 Å². The van der Waals surface area contributed by atoms with Gasteiger partial charge in [0.1, 0.15) is 11.5 Å². The number of rotatable bonds is 6. The van der Waals surface area contributed by atoms with Crippen molar-refractivity contribution in [2.24, 2.45) is 5.92 Å². The number of hydrogen-bond acceptors (Lipinski definition) is 3. The lowest BCUT2D eigenvalue weighted by atomic mass is 10.0. The summed E-state index contributed by atoms with van der Waals surface area (Å²) in [5, 5.41) is 3.58. The average molecular weight is 295 g/mol. The molecule has 0 spiro atoms. The molecule has 2 rings (SSSR count). The molecule has 0 radical (unpaired) electrons. The summed E-state index contributed by atoms with van der Waals surface area (Å²) in [5.41, 5.74) is 1.20. The molecule has 1 fully saturated rings. The fourth-order valence-electron chi connectivity index (χ4n) is 2.68. The van der Waals surface area contributed by atoms with Crippen LogP contribution in [0.1, 0.15) is 18.4 Å². The first-order valence-electron chi connectivity index (χ1n) is 7.33. The van der Waals surface area contributed by atoms with Gasteiger partial charge in [0, 0.05) is 18.2 Å². The molecule has 1 aliphatic rings. The van der Waals surface area contributed by atoms with Gasteiger partial charge in [0.15, 0.2) is 0 Å². The Bertz CT molecular complexity index is 417. The van der Waals surface area contributed by atoms with Gasteiger partial charge in [-0.1, -0.05) is 6.07 Å². The molecule has 1 aliphatic heterocycles. The van der Waals surface area contributed by atoms with Crippen LogP contribution in [0.3, 0.4) is 0 Å². The van der Waals surface area contributed by atoms with Crippen molar-refractivity contribution in [3.05, 3.63) is 23.8 Å². The molecule has 1 aromatic carbocycles. The van der Waals surface area contributed by atoms with Crippen molar-refractivity contribution in [3.8, 4) is 11.5 Å². The Morgan fingerprint density at radius 2 is 1.95 bits per heavy atom. The van der Waals surface area contributed by atoms with Crippen LogP contribution in [0.2, 0.25) is 0 Å². The van der Waals surface area contributed by atoms with Crippen molar-refractivity contribution in [1.82, 2.24) is 5.32 Å². The van der Waals surface area contributed by atoms with Crippen LogP contribution in [-0.2, 0) is 6.54 Å². The van der Waals surface area contributed by atoms with Crippen molar-refractivity contribution in [2.75, 3.05) is 39.8 Å². The monoisotopic (exact) mass is 295 g/mol. The molecule has 0 aliphatic carbocycles. The van der Waals surface area contributed by atoms with Crippen LogP contribution in [0.4, 0.5) is 0 Å². The maximum absolute atomic E-state index is 5.43. The Hall–Kier alpha value is -0.790. The largest absolute Gasteiger partial charge is 0.497 e. The first-order chi connectivity index (χ1) is 9.72. The zero-order valence-electron chi connectivity index (χ0n) is 12.8. The zero-order valence-corrected chi connectivity index (χ0v) is 13.7. The Labute approximate surface area is 123 Å². The lowest BCUT2D eigenvalue weighted by Gasteiger charge is -2.26.